The lowest BCUT2D eigenvalue weighted by Gasteiger charge is -2.38. The maximum absolute atomic E-state index is 12.2. The lowest BCUT2D eigenvalue weighted by atomic mass is 10.0. The topological polar surface area (TPSA) is 68.6 Å². The van der Waals surface area contributed by atoms with Crippen LogP contribution < -0.4 is 5.32 Å². The van der Waals surface area contributed by atoms with Gasteiger partial charge in [0.1, 0.15) is 5.60 Å². The first-order chi connectivity index (χ1) is 11.3. The molecule has 2 heterocycles. The Balaban J connectivity index is 1.82. The van der Waals surface area contributed by atoms with Gasteiger partial charge < -0.3 is 19.7 Å². The van der Waals surface area contributed by atoms with Gasteiger partial charge in [-0.15, -0.1) is 0 Å². The number of ether oxygens (including phenoxy) is 2. The van der Waals surface area contributed by atoms with Gasteiger partial charge in [0.2, 0.25) is 0 Å². The van der Waals surface area contributed by atoms with E-state index in [-0.39, 0.29) is 18.2 Å². The summed E-state index contributed by atoms with van der Waals surface area (Å²) in [6.45, 7) is 7.73. The molecule has 1 aliphatic rings. The average molecular weight is 338 g/mol. The first-order valence-corrected chi connectivity index (χ1v) is 8.51. The Kier molecular flexibility index (Phi) is 6.23. The van der Waals surface area contributed by atoms with E-state index in [1.165, 1.54) is 5.69 Å². The molecule has 1 fully saturated rings. The van der Waals surface area contributed by atoms with E-state index in [4.69, 9.17) is 9.47 Å². The fraction of sp³-hybridized carbons (Fsp3) is 0.765. The molecular formula is C17H30N4O3. The number of nitrogens with one attached hydrogen (secondary N) is 1. The number of aromatic nitrogens is 2. The van der Waals surface area contributed by atoms with Crippen LogP contribution in [0.25, 0.3) is 0 Å². The minimum atomic E-state index is -0.474. The molecule has 1 aromatic rings. The number of carbonyl (C=O) groups excluding carboxylic acids is 1. The Morgan fingerprint density at radius 2 is 2.21 bits per heavy atom. The molecule has 1 aliphatic heterocycles. The number of amides is 1. The lowest BCUT2D eigenvalue weighted by molar-refractivity contribution is -0.0180. The van der Waals surface area contributed by atoms with E-state index < -0.39 is 5.60 Å². The highest BCUT2D eigenvalue weighted by Crippen LogP contribution is 2.17. The maximum Gasteiger partial charge on any atom is 0.410 e. The van der Waals surface area contributed by atoms with Crippen LogP contribution in [0.4, 0.5) is 4.79 Å². The van der Waals surface area contributed by atoms with Crippen molar-refractivity contribution >= 4 is 6.09 Å². The summed E-state index contributed by atoms with van der Waals surface area (Å²) >= 11 is 0. The largest absolute Gasteiger partial charge is 0.444 e. The van der Waals surface area contributed by atoms with Gasteiger partial charge in [-0.1, -0.05) is 0 Å². The molecule has 136 valence electrons. The SMILES string of the molecule is COC1CN(C(=O)OC(C)(C)C)CCC1NCCc1ccnn1C. The molecule has 1 saturated heterocycles. The molecule has 2 unspecified atom stereocenters. The number of carbonyl (C=O) groups is 1. The van der Waals surface area contributed by atoms with Crippen molar-refractivity contribution in [1.82, 2.24) is 20.0 Å². The Bertz CT molecular complexity index is 538. The highest BCUT2D eigenvalue weighted by Gasteiger charge is 2.33. The lowest BCUT2D eigenvalue weighted by Crippen LogP contribution is -2.55. The molecule has 1 N–H and O–H groups in total. The second kappa shape index (κ2) is 7.98. The third-order valence-electron chi connectivity index (χ3n) is 4.22. The van der Waals surface area contributed by atoms with E-state index >= 15 is 0 Å². The maximum atomic E-state index is 12.2. The monoisotopic (exact) mass is 338 g/mol. The normalized spacial score (nSPS) is 21.8. The number of methoxy groups -OCH3 is 1. The van der Waals surface area contributed by atoms with E-state index in [1.807, 2.05) is 44.8 Å². The summed E-state index contributed by atoms with van der Waals surface area (Å²) in [5.41, 5.74) is 0.723. The van der Waals surface area contributed by atoms with E-state index in [9.17, 15) is 4.79 Å². The molecule has 0 spiro atoms. The minimum absolute atomic E-state index is 0.0298. The van der Waals surface area contributed by atoms with Crippen LogP contribution in [0, 0.1) is 0 Å². The summed E-state index contributed by atoms with van der Waals surface area (Å²) < 4.78 is 12.9. The first-order valence-electron chi connectivity index (χ1n) is 8.51. The summed E-state index contributed by atoms with van der Waals surface area (Å²) in [6.07, 6.45) is 3.28. The van der Waals surface area contributed by atoms with Crippen molar-refractivity contribution in [2.24, 2.45) is 7.05 Å². The molecule has 0 aromatic carbocycles. The van der Waals surface area contributed by atoms with Crippen LogP contribution in [0.2, 0.25) is 0 Å². The average Bonchev–Trinajstić information content (AvgIpc) is 2.91. The van der Waals surface area contributed by atoms with Gasteiger partial charge >= 0.3 is 6.09 Å². The molecule has 2 rings (SSSR count). The van der Waals surface area contributed by atoms with Gasteiger partial charge in [-0.05, 0) is 33.3 Å². The number of likely N-dealkylation sites (tertiary alicyclic amines) is 1. The van der Waals surface area contributed by atoms with E-state index in [1.54, 1.807) is 12.0 Å². The highest BCUT2D eigenvalue weighted by molar-refractivity contribution is 5.68. The first kappa shape index (κ1) is 18.7. The Labute approximate surface area is 144 Å². The number of piperidine rings is 1. The van der Waals surface area contributed by atoms with Gasteiger partial charge in [-0.2, -0.15) is 5.10 Å². The summed E-state index contributed by atoms with van der Waals surface area (Å²) in [5, 5.41) is 7.73. The number of aryl methyl sites for hydroxylation is 1. The molecule has 24 heavy (non-hydrogen) atoms. The molecule has 0 saturated carbocycles. The molecule has 7 heteroatoms. The third kappa shape index (κ3) is 5.21. The summed E-state index contributed by atoms with van der Waals surface area (Å²) in [5.74, 6) is 0. The van der Waals surface area contributed by atoms with Crippen molar-refractivity contribution in [3.63, 3.8) is 0 Å². The highest BCUT2D eigenvalue weighted by atomic mass is 16.6. The van der Waals surface area contributed by atoms with Crippen molar-refractivity contribution in [2.75, 3.05) is 26.7 Å². The predicted molar refractivity (Wildman–Crippen MR) is 91.9 cm³/mol. The summed E-state index contributed by atoms with van der Waals surface area (Å²) in [7, 11) is 3.64. The Hall–Kier alpha value is -1.60. The second-order valence-electron chi connectivity index (χ2n) is 7.25. The van der Waals surface area contributed by atoms with Crippen LogP contribution in [0.3, 0.4) is 0 Å². The van der Waals surface area contributed by atoms with Gasteiger partial charge in [0, 0.05) is 51.6 Å². The zero-order valence-electron chi connectivity index (χ0n) is 15.4. The smallest absolute Gasteiger partial charge is 0.410 e. The predicted octanol–water partition coefficient (Wildman–Crippen LogP) is 1.58. The van der Waals surface area contributed by atoms with Crippen LogP contribution in [0.5, 0.6) is 0 Å². The van der Waals surface area contributed by atoms with Crippen molar-refractivity contribution in [3.8, 4) is 0 Å². The standard InChI is InChI=1S/C17H30N4O3/c1-17(2,3)24-16(22)21-11-8-14(15(12-21)23-5)18-9-6-13-7-10-19-20(13)4/h7,10,14-15,18H,6,8-9,11-12H2,1-5H3. The second-order valence-corrected chi connectivity index (χ2v) is 7.25. The quantitative estimate of drug-likeness (QED) is 0.883. The van der Waals surface area contributed by atoms with Crippen molar-refractivity contribution in [1.29, 1.82) is 0 Å². The fourth-order valence-corrected chi connectivity index (χ4v) is 2.91. The molecule has 0 aliphatic carbocycles. The van der Waals surface area contributed by atoms with Crippen LogP contribution in [0.1, 0.15) is 32.9 Å². The van der Waals surface area contributed by atoms with Crippen molar-refractivity contribution in [2.45, 2.75) is 51.4 Å². The van der Waals surface area contributed by atoms with Crippen molar-refractivity contribution in [3.05, 3.63) is 18.0 Å². The Morgan fingerprint density at radius 3 is 2.79 bits per heavy atom. The molecule has 0 bridgehead atoms. The van der Waals surface area contributed by atoms with Gasteiger partial charge in [-0.3, -0.25) is 4.68 Å². The van der Waals surface area contributed by atoms with Gasteiger partial charge in [0.05, 0.1) is 12.6 Å². The number of nitrogens with zero attached hydrogens (tertiary/aromatic N) is 3. The summed E-state index contributed by atoms with van der Waals surface area (Å²) in [4.78, 5) is 13.9. The Morgan fingerprint density at radius 1 is 1.46 bits per heavy atom. The van der Waals surface area contributed by atoms with Gasteiger partial charge in [0.15, 0.2) is 0 Å². The number of hydrogen-bond acceptors (Lipinski definition) is 5. The zero-order valence-corrected chi connectivity index (χ0v) is 15.4. The van der Waals surface area contributed by atoms with Gasteiger partial charge in [0.25, 0.3) is 0 Å². The fourth-order valence-electron chi connectivity index (χ4n) is 2.91. The number of hydrogen-bond donors (Lipinski definition) is 1. The number of rotatable bonds is 5. The zero-order chi connectivity index (χ0) is 17.7. The third-order valence-corrected chi connectivity index (χ3v) is 4.22. The molecule has 1 aromatic heterocycles. The minimum Gasteiger partial charge on any atom is -0.444 e. The van der Waals surface area contributed by atoms with Crippen LogP contribution in [-0.2, 0) is 22.9 Å². The van der Waals surface area contributed by atoms with E-state index in [0.717, 1.165) is 19.4 Å². The molecule has 7 nitrogen and oxygen atoms in total. The molecular weight excluding hydrogens is 308 g/mol. The van der Waals surface area contributed by atoms with E-state index in [2.05, 4.69) is 10.4 Å². The van der Waals surface area contributed by atoms with Crippen molar-refractivity contribution < 1.29 is 14.3 Å². The summed E-state index contributed by atoms with van der Waals surface area (Å²) in [6, 6.07) is 2.27. The van der Waals surface area contributed by atoms with Crippen LogP contribution >= 0.6 is 0 Å². The van der Waals surface area contributed by atoms with Crippen LogP contribution in [0.15, 0.2) is 12.3 Å². The van der Waals surface area contributed by atoms with E-state index in [0.29, 0.717) is 13.1 Å². The van der Waals surface area contributed by atoms with Crippen LogP contribution in [-0.4, -0.2) is 65.3 Å². The molecule has 0 radical (unpaired) electrons. The molecule has 1 amide bonds. The molecule has 2 atom stereocenters. The van der Waals surface area contributed by atoms with Gasteiger partial charge in [-0.25, -0.2) is 4.79 Å².